The Morgan fingerprint density at radius 1 is 1.12 bits per heavy atom. The first-order valence-corrected chi connectivity index (χ1v) is 10.0. The van der Waals surface area contributed by atoms with Crippen molar-refractivity contribution < 1.29 is 18.0 Å². The van der Waals surface area contributed by atoms with Crippen LogP contribution in [0.4, 0.5) is 0 Å². The summed E-state index contributed by atoms with van der Waals surface area (Å²) in [5.74, 6) is -0.398. The van der Waals surface area contributed by atoms with Gasteiger partial charge in [0.2, 0.25) is 5.91 Å². The average Bonchev–Trinajstić information content (AvgIpc) is 2.85. The van der Waals surface area contributed by atoms with Crippen molar-refractivity contribution in [1.82, 2.24) is 10.6 Å². The number of rotatable bonds is 6. The van der Waals surface area contributed by atoms with E-state index >= 15 is 0 Å². The molecule has 0 aromatic heterocycles. The number of carbonyl (C=O) groups excluding carboxylic acids is 2. The Morgan fingerprint density at radius 2 is 1.83 bits per heavy atom. The first-order chi connectivity index (χ1) is 11.3. The summed E-state index contributed by atoms with van der Waals surface area (Å²) in [5, 5.41) is 5.99. The first kappa shape index (κ1) is 19.0. The molecule has 0 spiro atoms. The maximum atomic E-state index is 11.9. The Balaban J connectivity index is 1.68. The van der Waals surface area contributed by atoms with Crippen molar-refractivity contribution in [3.05, 3.63) is 33.8 Å². The van der Waals surface area contributed by atoms with Crippen molar-refractivity contribution in [2.45, 2.75) is 12.8 Å². The number of benzene rings is 1. The zero-order chi connectivity index (χ0) is 17.7. The number of carbonyl (C=O) groups is 2. The van der Waals surface area contributed by atoms with Crippen molar-refractivity contribution in [2.24, 2.45) is 5.92 Å². The van der Waals surface area contributed by atoms with Crippen molar-refractivity contribution in [3.63, 3.8) is 0 Å². The molecule has 132 valence electrons. The third-order valence-corrected chi connectivity index (χ3v) is 6.29. The molecule has 1 fully saturated rings. The van der Waals surface area contributed by atoms with E-state index < -0.39 is 9.84 Å². The lowest BCUT2D eigenvalue weighted by Crippen LogP contribution is -2.35. The molecule has 1 heterocycles. The van der Waals surface area contributed by atoms with Crippen LogP contribution >= 0.6 is 23.2 Å². The van der Waals surface area contributed by atoms with E-state index in [1.165, 1.54) is 12.1 Å². The number of hydrogen-bond donors (Lipinski definition) is 2. The highest BCUT2D eigenvalue weighted by atomic mass is 35.5. The van der Waals surface area contributed by atoms with Gasteiger partial charge < -0.3 is 10.6 Å². The minimum atomic E-state index is -2.97. The number of hydrogen-bond acceptors (Lipinski definition) is 4. The standard InChI is InChI=1S/C15H18Cl2N2O4S/c16-12-2-1-11(8-13(12)17)15(21)19-5-4-18-14(20)7-10-3-6-24(22,23)9-10/h1-2,8,10H,3-7,9H2,(H,18,20)(H,19,21)/t10-/m0/s1. The summed E-state index contributed by atoms with van der Waals surface area (Å²) in [6.45, 7) is 0.527. The van der Waals surface area contributed by atoms with Crippen LogP contribution in [0.25, 0.3) is 0 Å². The van der Waals surface area contributed by atoms with Gasteiger partial charge in [0, 0.05) is 25.1 Å². The fraction of sp³-hybridized carbons (Fsp3) is 0.467. The quantitative estimate of drug-likeness (QED) is 0.720. The molecule has 0 radical (unpaired) electrons. The molecule has 1 aromatic carbocycles. The molecule has 1 aromatic rings. The van der Waals surface area contributed by atoms with Crippen LogP contribution in [0.5, 0.6) is 0 Å². The summed E-state index contributed by atoms with van der Waals surface area (Å²) in [6, 6.07) is 4.57. The van der Waals surface area contributed by atoms with E-state index in [0.29, 0.717) is 22.0 Å². The van der Waals surface area contributed by atoms with Crippen LogP contribution in [0.3, 0.4) is 0 Å². The smallest absolute Gasteiger partial charge is 0.251 e. The van der Waals surface area contributed by atoms with E-state index in [1.54, 1.807) is 6.07 Å². The van der Waals surface area contributed by atoms with Gasteiger partial charge in [-0.25, -0.2) is 8.42 Å². The van der Waals surface area contributed by atoms with Gasteiger partial charge in [-0.15, -0.1) is 0 Å². The van der Waals surface area contributed by atoms with Crippen LogP contribution in [0, 0.1) is 5.92 Å². The zero-order valence-electron chi connectivity index (χ0n) is 12.8. The topological polar surface area (TPSA) is 92.3 Å². The largest absolute Gasteiger partial charge is 0.354 e. The lowest BCUT2D eigenvalue weighted by atomic mass is 10.1. The van der Waals surface area contributed by atoms with E-state index in [1.807, 2.05) is 0 Å². The third kappa shape index (κ3) is 5.65. The van der Waals surface area contributed by atoms with E-state index in [9.17, 15) is 18.0 Å². The van der Waals surface area contributed by atoms with E-state index in [-0.39, 0.29) is 48.7 Å². The van der Waals surface area contributed by atoms with Gasteiger partial charge in [0.1, 0.15) is 0 Å². The second kappa shape index (κ2) is 8.18. The van der Waals surface area contributed by atoms with Gasteiger partial charge in [0.25, 0.3) is 5.91 Å². The molecule has 0 bridgehead atoms. The van der Waals surface area contributed by atoms with Gasteiger partial charge >= 0.3 is 0 Å². The van der Waals surface area contributed by atoms with E-state index in [0.717, 1.165) is 0 Å². The van der Waals surface area contributed by atoms with Crippen LogP contribution in [0.2, 0.25) is 10.0 Å². The molecule has 24 heavy (non-hydrogen) atoms. The number of amides is 2. The third-order valence-electron chi connectivity index (χ3n) is 3.72. The summed E-state index contributed by atoms with van der Waals surface area (Å²) in [7, 11) is -2.97. The Kier molecular flexibility index (Phi) is 6.48. The highest BCUT2D eigenvalue weighted by molar-refractivity contribution is 7.91. The molecular weight excluding hydrogens is 375 g/mol. The fourth-order valence-electron chi connectivity index (χ4n) is 2.48. The van der Waals surface area contributed by atoms with Gasteiger partial charge in [-0.2, -0.15) is 0 Å². The second-order valence-corrected chi connectivity index (χ2v) is 8.75. The summed E-state index contributed by atoms with van der Waals surface area (Å²) in [6.07, 6.45) is 0.726. The molecular formula is C15H18Cl2N2O4S. The Morgan fingerprint density at radius 3 is 2.46 bits per heavy atom. The molecule has 2 N–H and O–H groups in total. The molecule has 0 unspecified atom stereocenters. The lowest BCUT2D eigenvalue weighted by Gasteiger charge is -2.10. The monoisotopic (exact) mass is 392 g/mol. The Labute approximate surface area is 150 Å². The van der Waals surface area contributed by atoms with Crippen molar-refractivity contribution in [2.75, 3.05) is 24.6 Å². The van der Waals surface area contributed by atoms with Crippen molar-refractivity contribution in [1.29, 1.82) is 0 Å². The van der Waals surface area contributed by atoms with Gasteiger partial charge in [-0.1, -0.05) is 23.2 Å². The van der Waals surface area contributed by atoms with Gasteiger partial charge in [0.05, 0.1) is 21.6 Å². The molecule has 1 aliphatic rings. The normalized spacial score (nSPS) is 19.0. The number of halogens is 2. The molecule has 2 rings (SSSR count). The molecule has 1 atom stereocenters. The Bertz CT molecular complexity index is 737. The molecule has 6 nitrogen and oxygen atoms in total. The van der Waals surface area contributed by atoms with Crippen LogP contribution in [0.1, 0.15) is 23.2 Å². The summed E-state index contributed by atoms with van der Waals surface area (Å²) >= 11 is 11.6. The molecule has 2 amide bonds. The maximum absolute atomic E-state index is 11.9. The molecule has 1 saturated heterocycles. The minimum absolute atomic E-state index is 0.0779. The number of nitrogens with one attached hydrogen (secondary N) is 2. The van der Waals surface area contributed by atoms with Gasteiger partial charge in [0.15, 0.2) is 9.84 Å². The van der Waals surface area contributed by atoms with E-state index in [2.05, 4.69) is 10.6 Å². The van der Waals surface area contributed by atoms with Crippen LogP contribution in [-0.2, 0) is 14.6 Å². The van der Waals surface area contributed by atoms with Crippen LogP contribution in [-0.4, -0.2) is 44.8 Å². The molecule has 1 aliphatic heterocycles. The zero-order valence-corrected chi connectivity index (χ0v) is 15.2. The Hall–Kier alpha value is -1.31. The van der Waals surface area contributed by atoms with Gasteiger partial charge in [-0.3, -0.25) is 9.59 Å². The summed E-state index contributed by atoms with van der Waals surface area (Å²) in [4.78, 5) is 23.7. The maximum Gasteiger partial charge on any atom is 0.251 e. The molecule has 9 heteroatoms. The predicted octanol–water partition coefficient (Wildman–Crippen LogP) is 1.66. The van der Waals surface area contributed by atoms with Crippen molar-refractivity contribution in [3.8, 4) is 0 Å². The summed E-state index contributed by atoms with van der Waals surface area (Å²) < 4.78 is 22.7. The lowest BCUT2D eigenvalue weighted by molar-refractivity contribution is -0.121. The second-order valence-electron chi connectivity index (χ2n) is 5.71. The fourth-order valence-corrected chi connectivity index (χ4v) is 4.64. The number of sulfone groups is 1. The van der Waals surface area contributed by atoms with Crippen molar-refractivity contribution >= 4 is 44.9 Å². The van der Waals surface area contributed by atoms with Crippen LogP contribution < -0.4 is 10.6 Å². The first-order valence-electron chi connectivity index (χ1n) is 7.47. The molecule has 0 saturated carbocycles. The molecule has 0 aliphatic carbocycles. The predicted molar refractivity (Wildman–Crippen MR) is 93.2 cm³/mol. The summed E-state index contributed by atoms with van der Waals surface area (Å²) in [5.41, 5.74) is 0.381. The average molecular weight is 393 g/mol. The minimum Gasteiger partial charge on any atom is -0.354 e. The van der Waals surface area contributed by atoms with Gasteiger partial charge in [-0.05, 0) is 30.5 Å². The SMILES string of the molecule is O=C(C[C@@H]1CCS(=O)(=O)C1)NCCNC(=O)c1ccc(Cl)c(Cl)c1. The highest BCUT2D eigenvalue weighted by Gasteiger charge is 2.29. The highest BCUT2D eigenvalue weighted by Crippen LogP contribution is 2.22. The van der Waals surface area contributed by atoms with E-state index in [4.69, 9.17) is 23.2 Å². The van der Waals surface area contributed by atoms with Crippen LogP contribution in [0.15, 0.2) is 18.2 Å².